The first-order valence-electron chi connectivity index (χ1n) is 4.74. The number of rotatable bonds is 5. The number of aryl methyl sites for hydroxylation is 1. The number of methoxy groups -OCH3 is 1. The molecule has 2 nitrogen and oxygen atoms in total. The van der Waals surface area contributed by atoms with Gasteiger partial charge in [-0.2, -0.15) is 0 Å². The zero-order valence-electron chi connectivity index (χ0n) is 8.42. The number of halogens is 1. The number of hydrogen-bond donors (Lipinski definition) is 1. The Morgan fingerprint density at radius 3 is 2.79 bits per heavy atom. The highest BCUT2D eigenvalue weighted by Gasteiger charge is 2.02. The highest BCUT2D eigenvalue weighted by atomic mass is 19.1. The van der Waals surface area contributed by atoms with Gasteiger partial charge in [0.25, 0.3) is 0 Å². The number of ether oxygens (including phenoxy) is 1. The molecule has 1 aromatic rings. The lowest BCUT2D eigenvalue weighted by atomic mass is 10.1. The number of nitrogens with two attached hydrogens (primary N) is 1. The molecule has 0 amide bonds. The van der Waals surface area contributed by atoms with E-state index in [-0.39, 0.29) is 5.82 Å². The summed E-state index contributed by atoms with van der Waals surface area (Å²) >= 11 is 0. The second-order valence-corrected chi connectivity index (χ2v) is 3.25. The van der Waals surface area contributed by atoms with E-state index in [1.54, 1.807) is 13.2 Å². The Morgan fingerprint density at radius 2 is 2.21 bits per heavy atom. The van der Waals surface area contributed by atoms with Crippen LogP contribution in [0.15, 0.2) is 18.2 Å². The van der Waals surface area contributed by atoms with Crippen molar-refractivity contribution in [3.05, 3.63) is 35.1 Å². The highest BCUT2D eigenvalue weighted by molar-refractivity contribution is 5.24. The van der Waals surface area contributed by atoms with E-state index in [4.69, 9.17) is 10.5 Å². The zero-order valence-corrected chi connectivity index (χ0v) is 8.42. The summed E-state index contributed by atoms with van der Waals surface area (Å²) in [6, 6.07) is 5.22. The normalized spacial score (nSPS) is 10.5. The van der Waals surface area contributed by atoms with E-state index in [1.165, 1.54) is 6.07 Å². The maximum atomic E-state index is 13.4. The minimum atomic E-state index is -0.159. The molecule has 0 aliphatic carbocycles. The van der Waals surface area contributed by atoms with E-state index < -0.39 is 0 Å². The summed E-state index contributed by atoms with van der Waals surface area (Å²) in [5, 5.41) is 0. The van der Waals surface area contributed by atoms with Crippen LogP contribution in [0.3, 0.4) is 0 Å². The van der Waals surface area contributed by atoms with Crippen LogP contribution in [0.4, 0.5) is 4.39 Å². The second kappa shape index (κ2) is 5.73. The summed E-state index contributed by atoms with van der Waals surface area (Å²) < 4.78 is 18.3. The summed E-state index contributed by atoms with van der Waals surface area (Å²) in [4.78, 5) is 0. The van der Waals surface area contributed by atoms with Crippen molar-refractivity contribution < 1.29 is 9.13 Å². The van der Waals surface area contributed by atoms with Crippen LogP contribution in [0.1, 0.15) is 17.5 Å². The van der Waals surface area contributed by atoms with Gasteiger partial charge in [0.05, 0.1) is 6.61 Å². The SMILES string of the molecule is COCc1ccc(CCCN)c(F)c1. The molecule has 0 heterocycles. The monoisotopic (exact) mass is 197 g/mol. The Kier molecular flexibility index (Phi) is 4.56. The molecule has 0 fully saturated rings. The van der Waals surface area contributed by atoms with Crippen molar-refractivity contribution in [3.63, 3.8) is 0 Å². The van der Waals surface area contributed by atoms with Crippen LogP contribution in [0, 0.1) is 5.82 Å². The van der Waals surface area contributed by atoms with Gasteiger partial charge in [0, 0.05) is 7.11 Å². The van der Waals surface area contributed by atoms with E-state index in [2.05, 4.69) is 0 Å². The summed E-state index contributed by atoms with van der Waals surface area (Å²) in [5.74, 6) is -0.159. The molecule has 3 heteroatoms. The third-order valence-corrected chi connectivity index (χ3v) is 2.08. The van der Waals surface area contributed by atoms with Crippen molar-refractivity contribution in [1.29, 1.82) is 0 Å². The molecule has 0 unspecified atom stereocenters. The van der Waals surface area contributed by atoms with E-state index in [1.807, 2.05) is 6.07 Å². The minimum absolute atomic E-state index is 0.159. The molecule has 0 bridgehead atoms. The van der Waals surface area contributed by atoms with Crippen molar-refractivity contribution in [2.45, 2.75) is 19.4 Å². The van der Waals surface area contributed by atoms with Crippen LogP contribution in [-0.2, 0) is 17.8 Å². The Balaban J connectivity index is 2.68. The van der Waals surface area contributed by atoms with Gasteiger partial charge in [-0.05, 0) is 36.6 Å². The molecule has 2 N–H and O–H groups in total. The van der Waals surface area contributed by atoms with Gasteiger partial charge in [-0.25, -0.2) is 4.39 Å². The molecule has 0 aromatic heterocycles. The molecule has 0 atom stereocenters. The van der Waals surface area contributed by atoms with E-state index >= 15 is 0 Å². The molecule has 1 rings (SSSR count). The van der Waals surface area contributed by atoms with Gasteiger partial charge in [-0.15, -0.1) is 0 Å². The molecule has 14 heavy (non-hydrogen) atoms. The molecule has 0 saturated heterocycles. The molecule has 0 saturated carbocycles. The quantitative estimate of drug-likeness (QED) is 0.782. The average Bonchev–Trinajstić information content (AvgIpc) is 2.17. The Bertz CT molecular complexity index is 289. The molecule has 1 aromatic carbocycles. The Hall–Kier alpha value is -0.930. The lowest BCUT2D eigenvalue weighted by molar-refractivity contribution is 0.184. The van der Waals surface area contributed by atoms with E-state index in [9.17, 15) is 4.39 Å². The van der Waals surface area contributed by atoms with Crippen molar-refractivity contribution >= 4 is 0 Å². The fraction of sp³-hybridized carbons (Fsp3) is 0.455. The van der Waals surface area contributed by atoms with Crippen LogP contribution in [0.25, 0.3) is 0 Å². The molecule has 78 valence electrons. The van der Waals surface area contributed by atoms with E-state index in [0.29, 0.717) is 19.6 Å². The van der Waals surface area contributed by atoms with Gasteiger partial charge in [-0.1, -0.05) is 12.1 Å². The highest BCUT2D eigenvalue weighted by Crippen LogP contribution is 2.12. The summed E-state index contributed by atoms with van der Waals surface area (Å²) in [6.45, 7) is 1.05. The van der Waals surface area contributed by atoms with Gasteiger partial charge in [-0.3, -0.25) is 0 Å². The van der Waals surface area contributed by atoms with Crippen molar-refractivity contribution in [2.24, 2.45) is 5.73 Å². The van der Waals surface area contributed by atoms with Gasteiger partial charge in [0.1, 0.15) is 5.82 Å². The van der Waals surface area contributed by atoms with Crippen molar-refractivity contribution in [2.75, 3.05) is 13.7 Å². The first-order valence-corrected chi connectivity index (χ1v) is 4.74. The van der Waals surface area contributed by atoms with Crippen molar-refractivity contribution in [1.82, 2.24) is 0 Å². The predicted octanol–water partition coefficient (Wildman–Crippen LogP) is 1.86. The maximum Gasteiger partial charge on any atom is 0.126 e. The summed E-state index contributed by atoms with van der Waals surface area (Å²) in [6.07, 6.45) is 1.52. The third-order valence-electron chi connectivity index (χ3n) is 2.08. The Morgan fingerprint density at radius 1 is 1.43 bits per heavy atom. The fourth-order valence-electron chi connectivity index (χ4n) is 1.34. The lowest BCUT2D eigenvalue weighted by Crippen LogP contribution is -2.02. The maximum absolute atomic E-state index is 13.4. The molecule has 0 aliphatic rings. The van der Waals surface area contributed by atoms with Crippen LogP contribution >= 0.6 is 0 Å². The first-order chi connectivity index (χ1) is 6.77. The predicted molar refractivity (Wildman–Crippen MR) is 54.5 cm³/mol. The number of benzene rings is 1. The Labute approximate surface area is 83.9 Å². The molecular weight excluding hydrogens is 181 g/mol. The average molecular weight is 197 g/mol. The molecule has 0 aliphatic heterocycles. The van der Waals surface area contributed by atoms with Crippen LogP contribution in [0.5, 0.6) is 0 Å². The topological polar surface area (TPSA) is 35.2 Å². The summed E-state index contributed by atoms with van der Waals surface area (Å²) in [5.41, 5.74) is 6.96. The standard InChI is InChI=1S/C11H16FNO/c1-14-8-9-4-5-10(3-2-6-13)11(12)7-9/h4-5,7H,2-3,6,8,13H2,1H3. The van der Waals surface area contributed by atoms with Crippen LogP contribution in [0.2, 0.25) is 0 Å². The smallest absolute Gasteiger partial charge is 0.126 e. The molecule has 0 spiro atoms. The third kappa shape index (κ3) is 3.09. The molecular formula is C11H16FNO. The second-order valence-electron chi connectivity index (χ2n) is 3.25. The van der Waals surface area contributed by atoms with Gasteiger partial charge >= 0.3 is 0 Å². The lowest BCUT2D eigenvalue weighted by Gasteiger charge is -2.04. The van der Waals surface area contributed by atoms with Gasteiger partial charge < -0.3 is 10.5 Å². The first kappa shape index (κ1) is 11.1. The minimum Gasteiger partial charge on any atom is -0.380 e. The van der Waals surface area contributed by atoms with Crippen LogP contribution in [-0.4, -0.2) is 13.7 Å². The van der Waals surface area contributed by atoms with Crippen molar-refractivity contribution in [3.8, 4) is 0 Å². The van der Waals surface area contributed by atoms with Gasteiger partial charge in [0.2, 0.25) is 0 Å². The summed E-state index contributed by atoms with van der Waals surface area (Å²) in [7, 11) is 1.60. The van der Waals surface area contributed by atoms with Gasteiger partial charge in [0.15, 0.2) is 0 Å². The largest absolute Gasteiger partial charge is 0.380 e. The molecule has 0 radical (unpaired) electrons. The number of hydrogen-bond acceptors (Lipinski definition) is 2. The fourth-order valence-corrected chi connectivity index (χ4v) is 1.34. The zero-order chi connectivity index (χ0) is 10.4. The van der Waals surface area contributed by atoms with Crippen LogP contribution < -0.4 is 5.73 Å². The van der Waals surface area contributed by atoms with E-state index in [0.717, 1.165) is 17.5 Å².